The number of carboxylic acid groups (broad SMARTS) is 2. The molecule has 0 bridgehead atoms. The lowest BCUT2D eigenvalue weighted by atomic mass is 10.0. The molecule has 0 radical (unpaired) electrons. The van der Waals surface area contributed by atoms with Gasteiger partial charge in [0.1, 0.15) is 18.1 Å². The standard InChI is InChI=1S/C24H34N8O7/c1-12(30-21(36)15(25)9-13-11-29-16-6-3-2-5-14(13)16)20(35)32-18(10-19(33)34)22(37)31-17(23(38)39)7-4-8-28-24(26)27/h2-3,5-6,11-12,15,17-18,29H,4,7-10,25H2,1H3,(H,30,36)(H,31,37)(H,32,35)(H,33,34)(H,38,39)(H4,26,27,28). The first-order valence-corrected chi connectivity index (χ1v) is 12.1. The molecular formula is C24H34N8O7. The zero-order valence-electron chi connectivity index (χ0n) is 21.3. The van der Waals surface area contributed by atoms with Crippen molar-refractivity contribution in [3.05, 3.63) is 36.0 Å². The number of aliphatic carboxylic acids is 2. The van der Waals surface area contributed by atoms with Gasteiger partial charge in [0.15, 0.2) is 5.96 Å². The van der Waals surface area contributed by atoms with Gasteiger partial charge in [0.2, 0.25) is 17.7 Å². The van der Waals surface area contributed by atoms with Gasteiger partial charge in [-0.2, -0.15) is 0 Å². The van der Waals surface area contributed by atoms with Crippen LogP contribution >= 0.6 is 0 Å². The summed E-state index contributed by atoms with van der Waals surface area (Å²) < 4.78 is 0. The molecule has 0 aliphatic rings. The van der Waals surface area contributed by atoms with E-state index in [9.17, 15) is 34.2 Å². The van der Waals surface area contributed by atoms with Crippen molar-refractivity contribution in [1.82, 2.24) is 20.9 Å². The van der Waals surface area contributed by atoms with Crippen LogP contribution in [0.1, 0.15) is 31.7 Å². The number of aromatic amines is 1. The van der Waals surface area contributed by atoms with Crippen LogP contribution in [0.5, 0.6) is 0 Å². The molecule has 0 fully saturated rings. The number of rotatable bonds is 15. The number of benzene rings is 1. The first-order chi connectivity index (χ1) is 18.4. The normalized spacial score (nSPS) is 13.9. The van der Waals surface area contributed by atoms with Gasteiger partial charge in [-0.25, -0.2) is 4.79 Å². The van der Waals surface area contributed by atoms with E-state index in [1.807, 2.05) is 24.3 Å². The van der Waals surface area contributed by atoms with Crippen molar-refractivity contribution in [3.8, 4) is 0 Å². The van der Waals surface area contributed by atoms with Crippen LogP contribution in [0.2, 0.25) is 0 Å². The Morgan fingerprint density at radius 3 is 2.28 bits per heavy atom. The maximum atomic E-state index is 12.7. The van der Waals surface area contributed by atoms with Gasteiger partial charge in [-0.3, -0.25) is 24.2 Å². The quantitative estimate of drug-likeness (QED) is 0.0681. The second kappa shape index (κ2) is 14.3. The summed E-state index contributed by atoms with van der Waals surface area (Å²) in [6.45, 7) is 1.46. The van der Waals surface area contributed by atoms with Gasteiger partial charge >= 0.3 is 11.9 Å². The fraction of sp³-hybridized carbons (Fsp3) is 0.417. The zero-order valence-corrected chi connectivity index (χ0v) is 21.3. The number of amides is 3. The molecule has 0 saturated carbocycles. The molecule has 1 aromatic heterocycles. The highest BCUT2D eigenvalue weighted by Gasteiger charge is 2.30. The predicted octanol–water partition coefficient (Wildman–Crippen LogP) is -1.88. The molecule has 1 aromatic carbocycles. The second-order valence-corrected chi connectivity index (χ2v) is 8.91. The summed E-state index contributed by atoms with van der Waals surface area (Å²) in [6.07, 6.45) is 1.28. The van der Waals surface area contributed by atoms with Crippen molar-refractivity contribution in [1.29, 1.82) is 0 Å². The number of hydrogen-bond acceptors (Lipinski definition) is 7. The van der Waals surface area contributed by atoms with Crippen LogP contribution in [-0.4, -0.2) is 81.5 Å². The van der Waals surface area contributed by atoms with Crippen LogP contribution in [0.3, 0.4) is 0 Å². The van der Waals surface area contributed by atoms with E-state index in [0.717, 1.165) is 16.5 Å². The molecule has 15 nitrogen and oxygen atoms in total. The summed E-state index contributed by atoms with van der Waals surface area (Å²) in [5.41, 5.74) is 18.2. The molecule has 15 heteroatoms. The molecule has 4 unspecified atom stereocenters. The molecule has 2 aromatic rings. The molecular weight excluding hydrogens is 512 g/mol. The van der Waals surface area contributed by atoms with Gasteiger partial charge in [0, 0.05) is 23.6 Å². The zero-order chi connectivity index (χ0) is 29.1. The number of carboxylic acids is 2. The first kappa shape index (κ1) is 30.6. The van der Waals surface area contributed by atoms with E-state index in [0.29, 0.717) is 0 Å². The smallest absolute Gasteiger partial charge is 0.326 e. The van der Waals surface area contributed by atoms with Crippen molar-refractivity contribution in [2.24, 2.45) is 22.2 Å². The fourth-order valence-electron chi connectivity index (χ4n) is 3.73. The highest BCUT2D eigenvalue weighted by atomic mass is 16.4. The van der Waals surface area contributed by atoms with Crippen LogP contribution in [0.15, 0.2) is 35.5 Å². The minimum atomic E-state index is -1.60. The Morgan fingerprint density at radius 1 is 0.974 bits per heavy atom. The van der Waals surface area contributed by atoms with E-state index in [1.54, 1.807) is 6.20 Å². The van der Waals surface area contributed by atoms with Crippen molar-refractivity contribution in [2.45, 2.75) is 56.8 Å². The summed E-state index contributed by atoms with van der Waals surface area (Å²) >= 11 is 0. The Morgan fingerprint density at radius 2 is 1.64 bits per heavy atom. The predicted molar refractivity (Wildman–Crippen MR) is 141 cm³/mol. The number of fused-ring (bicyclic) bond motifs is 1. The lowest BCUT2D eigenvalue weighted by molar-refractivity contribution is -0.143. The summed E-state index contributed by atoms with van der Waals surface area (Å²) in [4.78, 5) is 67.6. The minimum absolute atomic E-state index is 0.0492. The Labute approximate surface area is 223 Å². The van der Waals surface area contributed by atoms with Crippen LogP contribution in [0, 0.1) is 0 Å². The number of para-hydroxylation sites is 1. The van der Waals surface area contributed by atoms with Gasteiger partial charge in [-0.15, -0.1) is 0 Å². The highest BCUT2D eigenvalue weighted by molar-refractivity contribution is 5.95. The number of H-pyrrole nitrogens is 1. The highest BCUT2D eigenvalue weighted by Crippen LogP contribution is 2.18. The summed E-state index contributed by atoms with van der Waals surface area (Å²) in [7, 11) is 0. The van der Waals surface area contributed by atoms with Crippen molar-refractivity contribution in [3.63, 3.8) is 0 Å². The van der Waals surface area contributed by atoms with Gasteiger partial charge < -0.3 is 48.3 Å². The molecule has 4 atom stereocenters. The monoisotopic (exact) mass is 546 g/mol. The van der Waals surface area contributed by atoms with Gasteiger partial charge in [0.05, 0.1) is 12.5 Å². The Bertz CT molecular complexity index is 1220. The maximum Gasteiger partial charge on any atom is 0.326 e. The van der Waals surface area contributed by atoms with Crippen molar-refractivity contribution < 1.29 is 34.2 Å². The van der Waals surface area contributed by atoms with E-state index >= 15 is 0 Å². The third-order valence-corrected chi connectivity index (χ3v) is 5.78. The van der Waals surface area contributed by atoms with E-state index in [-0.39, 0.29) is 31.8 Å². The molecule has 0 saturated heterocycles. The van der Waals surface area contributed by atoms with Gasteiger partial charge in [0.25, 0.3) is 0 Å². The SMILES string of the molecule is CC(NC(=O)C(N)Cc1c[nH]c2ccccc12)C(=O)NC(CC(=O)O)C(=O)NC(CCCN=C(N)N)C(=O)O. The average Bonchev–Trinajstić information content (AvgIpc) is 3.27. The number of aromatic nitrogens is 1. The number of hydrogen-bond donors (Lipinski definition) is 9. The van der Waals surface area contributed by atoms with E-state index < -0.39 is 60.2 Å². The molecule has 0 aliphatic carbocycles. The maximum absolute atomic E-state index is 12.7. The number of aliphatic imine (C=N–C) groups is 1. The van der Waals surface area contributed by atoms with E-state index in [2.05, 4.69) is 25.9 Å². The third kappa shape index (κ3) is 9.62. The summed E-state index contributed by atoms with van der Waals surface area (Å²) in [5, 5.41) is 26.4. The number of nitrogens with two attached hydrogens (primary N) is 3. The molecule has 1 heterocycles. The van der Waals surface area contributed by atoms with Gasteiger partial charge in [-0.1, -0.05) is 18.2 Å². The molecule has 0 spiro atoms. The van der Waals surface area contributed by atoms with Crippen LogP contribution in [0.4, 0.5) is 0 Å². The number of nitrogens with one attached hydrogen (secondary N) is 4. The Balaban J connectivity index is 1.97. The minimum Gasteiger partial charge on any atom is -0.481 e. The van der Waals surface area contributed by atoms with Gasteiger partial charge in [-0.05, 0) is 37.8 Å². The van der Waals surface area contributed by atoms with Crippen LogP contribution in [-0.2, 0) is 30.4 Å². The van der Waals surface area contributed by atoms with Crippen molar-refractivity contribution in [2.75, 3.05) is 6.54 Å². The average molecular weight is 547 g/mol. The fourth-order valence-corrected chi connectivity index (χ4v) is 3.73. The van der Waals surface area contributed by atoms with E-state index in [1.165, 1.54) is 6.92 Å². The number of nitrogens with zero attached hydrogens (tertiary/aromatic N) is 1. The summed E-state index contributed by atoms with van der Waals surface area (Å²) in [5.74, 6) is -5.45. The third-order valence-electron chi connectivity index (χ3n) is 5.78. The molecule has 12 N–H and O–H groups in total. The Hall–Kier alpha value is -4.66. The van der Waals surface area contributed by atoms with Crippen molar-refractivity contribution >= 4 is 46.5 Å². The largest absolute Gasteiger partial charge is 0.481 e. The topological polar surface area (TPSA) is 268 Å². The number of carbonyl (C=O) groups excluding carboxylic acids is 3. The second-order valence-electron chi connectivity index (χ2n) is 8.91. The van der Waals surface area contributed by atoms with Crippen LogP contribution < -0.4 is 33.2 Å². The molecule has 39 heavy (non-hydrogen) atoms. The number of guanidine groups is 1. The van der Waals surface area contributed by atoms with Crippen LogP contribution in [0.25, 0.3) is 10.9 Å². The lowest BCUT2D eigenvalue weighted by Gasteiger charge is -2.23. The molecule has 212 valence electrons. The first-order valence-electron chi connectivity index (χ1n) is 12.1. The summed E-state index contributed by atoms with van der Waals surface area (Å²) in [6, 6.07) is 2.34. The molecule has 2 rings (SSSR count). The Kier molecular flexibility index (Phi) is 11.2. The molecule has 3 amide bonds. The van der Waals surface area contributed by atoms with E-state index in [4.69, 9.17) is 17.2 Å². The molecule has 0 aliphatic heterocycles. The lowest BCUT2D eigenvalue weighted by Crippen LogP contribution is -2.56. The number of carbonyl (C=O) groups is 5.